The molecule has 0 aromatic heterocycles. The lowest BCUT2D eigenvalue weighted by molar-refractivity contribution is 0.300. The molecule has 2 aliphatic rings. The van der Waals surface area contributed by atoms with E-state index in [4.69, 9.17) is 5.73 Å². The summed E-state index contributed by atoms with van der Waals surface area (Å²) in [5, 5.41) is 13.3. The number of hydrogen-bond donors (Lipinski definition) is 5. The Morgan fingerprint density at radius 1 is 1.10 bits per heavy atom. The second-order valence-electron chi connectivity index (χ2n) is 4.86. The maximum absolute atomic E-state index is 9.95. The van der Waals surface area contributed by atoms with Crippen molar-refractivity contribution in [2.24, 2.45) is 5.73 Å². The molecule has 6 N–H and O–H groups in total. The van der Waals surface area contributed by atoms with E-state index in [-0.39, 0.29) is 5.75 Å². The summed E-state index contributed by atoms with van der Waals surface area (Å²) in [5.74, 6) is 0.847. The first kappa shape index (κ1) is 12.7. The summed E-state index contributed by atoms with van der Waals surface area (Å²) in [6.07, 6.45) is 1.98. The molecule has 2 aliphatic heterocycles. The minimum absolute atomic E-state index is 0.244. The van der Waals surface area contributed by atoms with Crippen LogP contribution in [0, 0.1) is 0 Å². The number of nitrogens with one attached hydrogen (secondary N) is 3. The number of rotatable bonds is 2. The number of phenolic OH excluding ortho intramolecular Hbond substituents is 1. The smallest absolute Gasteiger partial charge is 0.139 e. The van der Waals surface area contributed by atoms with Crippen LogP contribution >= 0.6 is 0 Å². The fraction of sp³-hybridized carbons (Fsp3) is 0.286. The number of aromatic hydroxyl groups is 1. The Kier molecular flexibility index (Phi) is 3.39. The molecule has 0 unspecified atom stereocenters. The zero-order valence-corrected chi connectivity index (χ0v) is 11.2. The van der Waals surface area contributed by atoms with E-state index in [0.29, 0.717) is 5.82 Å². The number of benzene rings is 1. The number of piperazine rings is 1. The fourth-order valence-electron chi connectivity index (χ4n) is 2.46. The molecular weight excluding hydrogens is 254 g/mol. The Hall–Kier alpha value is -2.34. The molecule has 0 atom stereocenters. The summed E-state index contributed by atoms with van der Waals surface area (Å²) in [6, 6.07) is 7.23. The van der Waals surface area contributed by atoms with Crippen molar-refractivity contribution in [1.29, 1.82) is 0 Å². The first-order valence-electron chi connectivity index (χ1n) is 6.73. The monoisotopic (exact) mass is 273 g/mol. The number of allylic oxidation sites excluding steroid dienone is 1. The molecule has 0 bridgehead atoms. The van der Waals surface area contributed by atoms with Crippen LogP contribution < -0.4 is 21.9 Å². The largest absolute Gasteiger partial charge is 0.507 e. The van der Waals surface area contributed by atoms with E-state index in [2.05, 4.69) is 21.1 Å². The summed E-state index contributed by atoms with van der Waals surface area (Å²) < 4.78 is 0. The van der Waals surface area contributed by atoms with Crippen molar-refractivity contribution in [3.63, 3.8) is 0 Å². The third kappa shape index (κ3) is 2.37. The predicted octanol–water partition coefficient (Wildman–Crippen LogP) is -0.126. The number of nitrogens with zero attached hydrogens (tertiary/aromatic N) is 1. The highest BCUT2D eigenvalue weighted by atomic mass is 16.3. The lowest BCUT2D eigenvalue weighted by Crippen LogP contribution is -2.47. The van der Waals surface area contributed by atoms with Gasteiger partial charge < -0.3 is 21.1 Å². The van der Waals surface area contributed by atoms with E-state index < -0.39 is 0 Å². The summed E-state index contributed by atoms with van der Waals surface area (Å²) in [4.78, 5) is 2.24. The normalized spacial score (nSPS) is 19.2. The second-order valence-corrected chi connectivity index (χ2v) is 4.86. The summed E-state index contributed by atoms with van der Waals surface area (Å²) in [7, 11) is 0. The molecule has 2 heterocycles. The van der Waals surface area contributed by atoms with E-state index >= 15 is 0 Å². The van der Waals surface area contributed by atoms with Gasteiger partial charge in [-0.25, -0.2) is 0 Å². The average Bonchev–Trinajstić information content (AvgIpc) is 2.49. The van der Waals surface area contributed by atoms with Gasteiger partial charge in [-0.3, -0.25) is 10.9 Å². The second kappa shape index (κ2) is 5.34. The van der Waals surface area contributed by atoms with E-state index in [1.165, 1.54) is 0 Å². The van der Waals surface area contributed by atoms with Crippen molar-refractivity contribution >= 4 is 5.70 Å². The van der Waals surface area contributed by atoms with Crippen molar-refractivity contribution in [3.05, 3.63) is 47.4 Å². The minimum Gasteiger partial charge on any atom is -0.507 e. The van der Waals surface area contributed by atoms with Crippen LogP contribution in [0.5, 0.6) is 5.75 Å². The van der Waals surface area contributed by atoms with E-state index in [1.54, 1.807) is 12.1 Å². The quantitative estimate of drug-likeness (QED) is 0.516. The molecule has 3 rings (SSSR count). The van der Waals surface area contributed by atoms with Gasteiger partial charge in [0.25, 0.3) is 0 Å². The molecule has 0 radical (unpaired) electrons. The van der Waals surface area contributed by atoms with Gasteiger partial charge in [-0.2, -0.15) is 0 Å². The maximum atomic E-state index is 9.95. The van der Waals surface area contributed by atoms with Crippen molar-refractivity contribution in [3.8, 4) is 5.75 Å². The van der Waals surface area contributed by atoms with Crippen LogP contribution in [-0.2, 0) is 0 Å². The molecule has 6 heteroatoms. The Labute approximate surface area is 117 Å². The molecule has 1 saturated heterocycles. The standard InChI is InChI=1S/C14H19N5O/c15-14-12(19-7-5-16-6-8-19)9-11(17-18-14)10-3-1-2-4-13(10)20/h1-4,9,16-18,20H,5-8,15H2. The molecular formula is C14H19N5O. The highest BCUT2D eigenvalue weighted by Crippen LogP contribution is 2.26. The number of nitrogens with two attached hydrogens (primary N) is 1. The van der Waals surface area contributed by atoms with Crippen LogP contribution in [0.4, 0.5) is 0 Å². The van der Waals surface area contributed by atoms with Gasteiger partial charge in [-0.15, -0.1) is 0 Å². The van der Waals surface area contributed by atoms with Gasteiger partial charge in [0.05, 0.1) is 11.4 Å². The van der Waals surface area contributed by atoms with Gasteiger partial charge in [-0.1, -0.05) is 12.1 Å². The SMILES string of the molecule is NC1=C(N2CCNCC2)C=C(c2ccccc2O)NN1. The van der Waals surface area contributed by atoms with Crippen molar-refractivity contribution in [1.82, 2.24) is 21.1 Å². The Balaban J connectivity index is 1.92. The zero-order valence-electron chi connectivity index (χ0n) is 11.2. The topological polar surface area (TPSA) is 85.6 Å². The zero-order chi connectivity index (χ0) is 13.9. The van der Waals surface area contributed by atoms with Gasteiger partial charge >= 0.3 is 0 Å². The fourth-order valence-corrected chi connectivity index (χ4v) is 2.46. The van der Waals surface area contributed by atoms with Crippen LogP contribution in [-0.4, -0.2) is 36.2 Å². The van der Waals surface area contributed by atoms with Gasteiger partial charge in [0.1, 0.15) is 11.6 Å². The molecule has 0 amide bonds. The van der Waals surface area contributed by atoms with Crippen LogP contribution in [0.2, 0.25) is 0 Å². The molecule has 1 fully saturated rings. The Morgan fingerprint density at radius 2 is 1.85 bits per heavy atom. The highest BCUT2D eigenvalue weighted by molar-refractivity contribution is 5.71. The van der Waals surface area contributed by atoms with E-state index in [1.807, 2.05) is 18.2 Å². The molecule has 0 aliphatic carbocycles. The minimum atomic E-state index is 0.244. The molecule has 0 spiro atoms. The molecule has 1 aromatic carbocycles. The molecule has 0 saturated carbocycles. The number of phenols is 1. The molecule has 106 valence electrons. The molecule has 1 aromatic rings. The number of hydrogen-bond acceptors (Lipinski definition) is 6. The maximum Gasteiger partial charge on any atom is 0.139 e. The van der Waals surface area contributed by atoms with E-state index in [9.17, 15) is 5.11 Å². The van der Waals surface area contributed by atoms with Crippen LogP contribution in [0.3, 0.4) is 0 Å². The first-order chi connectivity index (χ1) is 9.75. The first-order valence-corrected chi connectivity index (χ1v) is 6.73. The summed E-state index contributed by atoms with van der Waals surface area (Å²) >= 11 is 0. The summed E-state index contributed by atoms with van der Waals surface area (Å²) in [6.45, 7) is 3.73. The Bertz CT molecular complexity index is 560. The third-order valence-electron chi connectivity index (χ3n) is 3.54. The van der Waals surface area contributed by atoms with Crippen molar-refractivity contribution in [2.45, 2.75) is 0 Å². The number of para-hydroxylation sites is 1. The van der Waals surface area contributed by atoms with Gasteiger partial charge in [0.15, 0.2) is 0 Å². The van der Waals surface area contributed by atoms with Crippen molar-refractivity contribution in [2.75, 3.05) is 26.2 Å². The van der Waals surface area contributed by atoms with Crippen LogP contribution in [0.25, 0.3) is 5.70 Å². The third-order valence-corrected chi connectivity index (χ3v) is 3.54. The van der Waals surface area contributed by atoms with Crippen LogP contribution in [0.1, 0.15) is 5.56 Å². The van der Waals surface area contributed by atoms with Gasteiger partial charge in [0.2, 0.25) is 0 Å². The van der Waals surface area contributed by atoms with Gasteiger partial charge in [-0.05, 0) is 18.2 Å². The summed E-state index contributed by atoms with van der Waals surface area (Å²) in [5.41, 5.74) is 14.5. The highest BCUT2D eigenvalue weighted by Gasteiger charge is 2.19. The lowest BCUT2D eigenvalue weighted by atomic mass is 10.1. The Morgan fingerprint density at radius 3 is 2.60 bits per heavy atom. The lowest BCUT2D eigenvalue weighted by Gasteiger charge is -2.33. The van der Waals surface area contributed by atoms with Gasteiger partial charge in [0, 0.05) is 31.7 Å². The number of hydrazine groups is 1. The van der Waals surface area contributed by atoms with Crippen molar-refractivity contribution < 1.29 is 5.11 Å². The van der Waals surface area contributed by atoms with Crippen LogP contribution in [0.15, 0.2) is 41.9 Å². The van der Waals surface area contributed by atoms with E-state index in [0.717, 1.165) is 43.1 Å². The molecule has 20 heavy (non-hydrogen) atoms. The predicted molar refractivity (Wildman–Crippen MR) is 78.0 cm³/mol. The average molecular weight is 273 g/mol. The molecule has 6 nitrogen and oxygen atoms in total.